The summed E-state index contributed by atoms with van der Waals surface area (Å²) in [6, 6.07) is 15.9. The molecule has 0 spiro atoms. The van der Waals surface area contributed by atoms with Gasteiger partial charge in [-0.2, -0.15) is 0 Å². The van der Waals surface area contributed by atoms with Gasteiger partial charge < -0.3 is 18.6 Å². The second-order valence-corrected chi connectivity index (χ2v) is 10.8. The maximum atomic E-state index is 6.44. The Kier molecular flexibility index (Phi) is 3.61. The van der Waals surface area contributed by atoms with Crippen molar-refractivity contribution in [3.8, 4) is 23.0 Å². The standard InChI is InChI=1S/C22H24B2O4S/c1-20(2)15-12-13-21(20,3)22(14-15,23-25-16-8-4-5-9-17(16)26-23)29-24-27-18-10-6-7-11-19(18)28-24/h4-11,15H,12-14H2,1-3H3. The summed E-state index contributed by atoms with van der Waals surface area (Å²) in [5.74, 6) is 3.92. The Bertz CT molecular complexity index is 935. The van der Waals surface area contributed by atoms with E-state index in [0.29, 0.717) is 5.92 Å². The third kappa shape index (κ3) is 2.25. The molecule has 4 nitrogen and oxygen atoms in total. The Morgan fingerprint density at radius 3 is 1.79 bits per heavy atom. The predicted octanol–water partition coefficient (Wildman–Crippen LogP) is 5.26. The minimum Gasteiger partial charge on any atom is -0.522 e. The molecule has 0 amide bonds. The van der Waals surface area contributed by atoms with E-state index < -0.39 is 6.40 Å². The van der Waals surface area contributed by atoms with Crippen molar-refractivity contribution >= 4 is 25.1 Å². The minimum absolute atomic E-state index is 0.0452. The largest absolute Gasteiger partial charge is 0.671 e. The van der Waals surface area contributed by atoms with E-state index in [4.69, 9.17) is 18.6 Å². The van der Waals surface area contributed by atoms with Gasteiger partial charge in [0.25, 0.3) is 0 Å². The molecule has 2 aromatic rings. The SMILES string of the molecule is CC1(C)C2CCC1(C)C(SB1Oc3ccccc3O1)(B1Oc3ccccc3O1)C2. The number of hydrogen-bond acceptors (Lipinski definition) is 5. The van der Waals surface area contributed by atoms with E-state index in [9.17, 15) is 0 Å². The van der Waals surface area contributed by atoms with Crippen LogP contribution in [0.2, 0.25) is 0 Å². The molecule has 2 heterocycles. The van der Waals surface area contributed by atoms with Gasteiger partial charge in [0.05, 0.1) is 4.65 Å². The maximum Gasteiger partial charge on any atom is 0.671 e. The summed E-state index contributed by atoms with van der Waals surface area (Å²) in [7, 11) is -0.351. The highest BCUT2D eigenvalue weighted by Gasteiger charge is 2.77. The van der Waals surface area contributed by atoms with Gasteiger partial charge >= 0.3 is 13.5 Å². The normalized spacial score (nSPS) is 32.9. The molecule has 7 heteroatoms. The van der Waals surface area contributed by atoms with Gasteiger partial charge in [-0.25, -0.2) is 0 Å². The molecule has 2 fully saturated rings. The van der Waals surface area contributed by atoms with E-state index in [2.05, 4.69) is 20.8 Å². The van der Waals surface area contributed by atoms with Crippen molar-refractivity contribution in [1.82, 2.24) is 0 Å². The summed E-state index contributed by atoms with van der Waals surface area (Å²) in [5, 5.41) is 0. The molecular weight excluding hydrogens is 382 g/mol. The highest BCUT2D eigenvalue weighted by atomic mass is 32.2. The van der Waals surface area contributed by atoms with Gasteiger partial charge in [0, 0.05) is 0 Å². The lowest BCUT2D eigenvalue weighted by molar-refractivity contribution is 0.137. The maximum absolute atomic E-state index is 6.44. The molecule has 2 saturated carbocycles. The lowest BCUT2D eigenvalue weighted by Gasteiger charge is -2.47. The smallest absolute Gasteiger partial charge is 0.522 e. The monoisotopic (exact) mass is 406 g/mol. The van der Waals surface area contributed by atoms with Crippen molar-refractivity contribution < 1.29 is 18.6 Å². The highest BCUT2D eigenvalue weighted by molar-refractivity contribution is 8.26. The molecule has 0 aromatic heterocycles. The van der Waals surface area contributed by atoms with Crippen molar-refractivity contribution in [2.24, 2.45) is 16.7 Å². The molecule has 0 radical (unpaired) electrons. The topological polar surface area (TPSA) is 36.9 Å². The third-order valence-corrected chi connectivity index (χ3v) is 9.83. The van der Waals surface area contributed by atoms with Crippen LogP contribution < -0.4 is 18.6 Å². The molecule has 0 saturated heterocycles. The number of benzene rings is 2. The average molecular weight is 406 g/mol. The predicted molar refractivity (Wildman–Crippen MR) is 116 cm³/mol. The first-order valence-electron chi connectivity index (χ1n) is 10.5. The van der Waals surface area contributed by atoms with Gasteiger partial charge in [0.15, 0.2) is 0 Å². The van der Waals surface area contributed by atoms with Gasteiger partial charge in [-0.15, -0.1) is 11.6 Å². The van der Waals surface area contributed by atoms with Crippen molar-refractivity contribution in [2.45, 2.75) is 44.7 Å². The van der Waals surface area contributed by atoms with Gasteiger partial charge in [-0.3, -0.25) is 0 Å². The molecule has 2 bridgehead atoms. The molecule has 148 valence electrons. The summed E-state index contributed by atoms with van der Waals surface area (Å²) in [6.07, 6.45) is 3.07. The zero-order valence-corrected chi connectivity index (χ0v) is 17.8. The van der Waals surface area contributed by atoms with E-state index in [0.717, 1.165) is 35.8 Å². The third-order valence-electron chi connectivity index (χ3n) is 8.22. The second-order valence-electron chi connectivity index (χ2n) is 9.49. The fourth-order valence-electron chi connectivity index (χ4n) is 6.08. The van der Waals surface area contributed by atoms with Crippen LogP contribution in [0.4, 0.5) is 0 Å². The van der Waals surface area contributed by atoms with Gasteiger partial charge in [-0.05, 0) is 60.3 Å². The number of para-hydroxylation sites is 4. The molecule has 0 N–H and O–H groups in total. The fraction of sp³-hybridized carbons (Fsp3) is 0.455. The lowest BCUT2D eigenvalue weighted by atomic mass is 9.53. The summed E-state index contributed by atoms with van der Waals surface area (Å²) < 4.78 is 25.0. The molecule has 6 rings (SSSR count). The summed E-state index contributed by atoms with van der Waals surface area (Å²) >= 11 is 1.76. The van der Waals surface area contributed by atoms with Crippen LogP contribution in [-0.4, -0.2) is 18.2 Å². The molecule has 4 aliphatic rings. The molecule has 29 heavy (non-hydrogen) atoms. The number of hydrogen-bond donors (Lipinski definition) is 0. The van der Waals surface area contributed by atoms with Gasteiger partial charge in [0.2, 0.25) is 0 Å². The molecule has 3 unspecified atom stereocenters. The van der Waals surface area contributed by atoms with Crippen LogP contribution in [0.25, 0.3) is 0 Å². The van der Waals surface area contributed by atoms with Crippen LogP contribution >= 0.6 is 11.6 Å². The van der Waals surface area contributed by atoms with Crippen molar-refractivity contribution in [3.05, 3.63) is 48.5 Å². The highest BCUT2D eigenvalue weighted by Crippen LogP contribution is 2.74. The van der Waals surface area contributed by atoms with E-state index in [1.54, 1.807) is 11.6 Å². The Hall–Kier alpha value is -1.88. The molecular formula is C22H24B2O4S. The molecule has 2 aliphatic carbocycles. The second kappa shape index (κ2) is 5.84. The van der Waals surface area contributed by atoms with Crippen LogP contribution in [0.15, 0.2) is 48.5 Å². The lowest BCUT2D eigenvalue weighted by Crippen LogP contribution is -2.61. The van der Waals surface area contributed by atoms with Crippen LogP contribution in [0, 0.1) is 16.7 Å². The van der Waals surface area contributed by atoms with Crippen LogP contribution in [0.1, 0.15) is 40.0 Å². The molecule has 2 aromatic carbocycles. The summed E-state index contributed by atoms with van der Waals surface area (Å²) in [4.78, 5) is 0. The Labute approximate surface area is 176 Å². The molecule has 2 aliphatic heterocycles. The Morgan fingerprint density at radius 1 is 0.828 bits per heavy atom. The first-order chi connectivity index (χ1) is 13.9. The number of rotatable bonds is 3. The first-order valence-corrected chi connectivity index (χ1v) is 11.3. The average Bonchev–Trinajstić information content (AvgIpc) is 3.40. The minimum atomic E-state index is -0.393. The number of fused-ring (bicyclic) bond motifs is 4. The van der Waals surface area contributed by atoms with E-state index in [1.165, 1.54) is 6.42 Å². The van der Waals surface area contributed by atoms with Gasteiger partial charge in [-0.1, -0.05) is 45.0 Å². The van der Waals surface area contributed by atoms with Crippen molar-refractivity contribution in [1.29, 1.82) is 0 Å². The van der Waals surface area contributed by atoms with Crippen molar-refractivity contribution in [3.63, 3.8) is 0 Å². The van der Waals surface area contributed by atoms with Crippen molar-refractivity contribution in [2.75, 3.05) is 0 Å². The van der Waals surface area contributed by atoms with Crippen LogP contribution in [0.3, 0.4) is 0 Å². The van der Waals surface area contributed by atoms with E-state index in [1.807, 2.05) is 48.5 Å². The Balaban J connectivity index is 1.38. The summed E-state index contributed by atoms with van der Waals surface area (Å²) in [6.45, 7) is 7.26. The summed E-state index contributed by atoms with van der Waals surface area (Å²) in [5.41, 5.74) is 0.247. The van der Waals surface area contributed by atoms with Crippen LogP contribution in [0.5, 0.6) is 23.0 Å². The molecule has 3 atom stereocenters. The van der Waals surface area contributed by atoms with Gasteiger partial charge in [0.1, 0.15) is 23.0 Å². The van der Waals surface area contributed by atoms with Crippen LogP contribution in [-0.2, 0) is 0 Å². The van der Waals surface area contributed by atoms with E-state index >= 15 is 0 Å². The zero-order chi connectivity index (χ0) is 19.9. The first kappa shape index (κ1) is 17.9. The zero-order valence-electron chi connectivity index (χ0n) is 17.0. The quantitative estimate of drug-likeness (QED) is 0.651. The Morgan fingerprint density at radius 2 is 1.34 bits per heavy atom. The van der Waals surface area contributed by atoms with E-state index in [-0.39, 0.29) is 22.6 Å². The fourth-order valence-corrected chi connectivity index (χ4v) is 7.85.